The summed E-state index contributed by atoms with van der Waals surface area (Å²) in [5, 5.41) is -0.634. The van der Waals surface area contributed by atoms with Gasteiger partial charge in [-0.15, -0.1) is 24.8 Å². The fourth-order valence-corrected chi connectivity index (χ4v) is 2.18. The van der Waals surface area contributed by atoms with Gasteiger partial charge in [0, 0.05) is 22.2 Å². The van der Waals surface area contributed by atoms with E-state index in [9.17, 15) is 9.59 Å². The number of hydrogen-bond acceptors (Lipinski definition) is 5. The second-order valence-electron chi connectivity index (χ2n) is 6.72. The lowest BCUT2D eigenvalue weighted by Gasteiger charge is -2.14. The molecule has 2 aromatic carbocycles. The molecule has 0 unspecified atom stereocenters. The standard InChI is InChI=1S/C16H13ClO3.C4H12N2.2ClH/c1-10-4-3-5-13(16(17)19)14(10)15(18)11-6-8-12(20-2)9-7-11;1-4(2,3)6-5;;/h3-9H,1-2H3;6H,5H2,1-3H3;2*1H. The molecule has 0 fully saturated rings. The van der Waals surface area contributed by atoms with E-state index in [0.29, 0.717) is 16.9 Å². The third-order valence-electron chi connectivity index (χ3n) is 3.50. The molecule has 2 aromatic rings. The van der Waals surface area contributed by atoms with Crippen LogP contribution in [0, 0.1) is 6.92 Å². The topological polar surface area (TPSA) is 81.4 Å². The number of aryl methyl sites for hydroxylation is 1. The first-order valence-electron chi connectivity index (χ1n) is 8.06. The van der Waals surface area contributed by atoms with Crippen molar-refractivity contribution < 1.29 is 14.3 Å². The first-order chi connectivity index (χ1) is 12.1. The van der Waals surface area contributed by atoms with Crippen LogP contribution >= 0.6 is 36.4 Å². The normalized spacial score (nSPS) is 9.82. The summed E-state index contributed by atoms with van der Waals surface area (Å²) in [7, 11) is 1.56. The van der Waals surface area contributed by atoms with Crippen molar-refractivity contribution in [3.8, 4) is 5.75 Å². The molecule has 3 N–H and O–H groups in total. The number of ketones is 1. The summed E-state index contributed by atoms with van der Waals surface area (Å²) in [6.07, 6.45) is 0. The lowest BCUT2D eigenvalue weighted by molar-refractivity contribution is 0.102. The minimum absolute atomic E-state index is 0. The van der Waals surface area contributed by atoms with E-state index < -0.39 is 5.24 Å². The summed E-state index contributed by atoms with van der Waals surface area (Å²) in [6.45, 7) is 7.80. The Labute approximate surface area is 183 Å². The van der Waals surface area contributed by atoms with Gasteiger partial charge in [-0.1, -0.05) is 12.1 Å². The Kier molecular flexibility index (Phi) is 13.0. The van der Waals surface area contributed by atoms with Crippen LogP contribution in [0.15, 0.2) is 42.5 Å². The fraction of sp³-hybridized carbons (Fsp3) is 0.300. The lowest BCUT2D eigenvalue weighted by Crippen LogP contribution is -2.41. The molecule has 2 rings (SSSR count). The van der Waals surface area contributed by atoms with Crippen LogP contribution < -0.4 is 16.0 Å². The Bertz CT molecular complexity index is 773. The number of rotatable bonds is 4. The minimum atomic E-state index is -0.634. The third kappa shape index (κ3) is 8.59. The van der Waals surface area contributed by atoms with Gasteiger partial charge in [-0.2, -0.15) is 0 Å². The maximum Gasteiger partial charge on any atom is 0.253 e. The van der Waals surface area contributed by atoms with E-state index in [1.807, 2.05) is 20.8 Å². The number of halogens is 3. The molecule has 0 amide bonds. The van der Waals surface area contributed by atoms with Crippen molar-refractivity contribution in [1.29, 1.82) is 0 Å². The Morgan fingerprint density at radius 2 is 1.54 bits per heavy atom. The van der Waals surface area contributed by atoms with Crippen LogP contribution in [-0.2, 0) is 0 Å². The maximum absolute atomic E-state index is 12.5. The van der Waals surface area contributed by atoms with Gasteiger partial charge in [0.25, 0.3) is 5.24 Å². The fourth-order valence-electron chi connectivity index (χ4n) is 2.02. The number of carbonyl (C=O) groups excluding carboxylic acids is 2. The number of benzene rings is 2. The molecular weight excluding hydrogens is 423 g/mol. The average molecular weight is 450 g/mol. The van der Waals surface area contributed by atoms with E-state index in [2.05, 4.69) is 5.43 Å². The van der Waals surface area contributed by atoms with E-state index >= 15 is 0 Å². The van der Waals surface area contributed by atoms with Crippen LogP contribution in [-0.4, -0.2) is 23.7 Å². The van der Waals surface area contributed by atoms with E-state index in [-0.39, 0.29) is 41.7 Å². The predicted molar refractivity (Wildman–Crippen MR) is 119 cm³/mol. The first-order valence-corrected chi connectivity index (χ1v) is 8.44. The molecule has 0 heterocycles. The zero-order chi connectivity index (χ0) is 19.9. The van der Waals surface area contributed by atoms with Gasteiger partial charge < -0.3 is 4.74 Å². The monoisotopic (exact) mass is 448 g/mol. The van der Waals surface area contributed by atoms with Gasteiger partial charge in [-0.25, -0.2) is 0 Å². The Morgan fingerprint density at radius 1 is 1.04 bits per heavy atom. The molecular formula is C20H27Cl3N2O3. The second-order valence-corrected chi connectivity index (χ2v) is 7.07. The quantitative estimate of drug-likeness (QED) is 0.306. The summed E-state index contributed by atoms with van der Waals surface area (Å²) in [5.41, 5.74) is 4.45. The van der Waals surface area contributed by atoms with Gasteiger partial charge >= 0.3 is 0 Å². The Balaban J connectivity index is 0. The van der Waals surface area contributed by atoms with Gasteiger partial charge in [-0.05, 0) is 75.2 Å². The molecule has 0 spiro atoms. The van der Waals surface area contributed by atoms with Crippen molar-refractivity contribution in [2.45, 2.75) is 33.2 Å². The zero-order valence-corrected chi connectivity index (χ0v) is 18.9. The number of nitrogens with one attached hydrogen (secondary N) is 1. The second kappa shape index (κ2) is 12.8. The smallest absolute Gasteiger partial charge is 0.253 e. The van der Waals surface area contributed by atoms with Crippen LogP contribution in [0.4, 0.5) is 0 Å². The van der Waals surface area contributed by atoms with Gasteiger partial charge in [0.15, 0.2) is 5.78 Å². The van der Waals surface area contributed by atoms with Gasteiger partial charge in [-0.3, -0.25) is 20.9 Å². The molecule has 0 saturated heterocycles. The molecule has 0 aromatic heterocycles. The number of hydrazine groups is 1. The molecule has 0 atom stereocenters. The van der Waals surface area contributed by atoms with E-state index in [1.165, 1.54) is 0 Å². The number of hydrogen-bond donors (Lipinski definition) is 2. The molecule has 0 bridgehead atoms. The van der Waals surface area contributed by atoms with E-state index in [1.54, 1.807) is 56.5 Å². The van der Waals surface area contributed by atoms with Crippen LogP contribution in [0.3, 0.4) is 0 Å². The highest BCUT2D eigenvalue weighted by Gasteiger charge is 2.19. The van der Waals surface area contributed by atoms with Gasteiger partial charge in [0.2, 0.25) is 0 Å². The molecule has 0 aliphatic rings. The summed E-state index contributed by atoms with van der Waals surface area (Å²) < 4.78 is 5.05. The van der Waals surface area contributed by atoms with Crippen molar-refractivity contribution in [3.63, 3.8) is 0 Å². The van der Waals surface area contributed by atoms with E-state index in [0.717, 1.165) is 5.56 Å². The van der Waals surface area contributed by atoms with E-state index in [4.69, 9.17) is 22.2 Å². The molecule has 5 nitrogen and oxygen atoms in total. The largest absolute Gasteiger partial charge is 0.497 e. The highest BCUT2D eigenvalue weighted by Crippen LogP contribution is 2.21. The summed E-state index contributed by atoms with van der Waals surface area (Å²) >= 11 is 5.55. The SMILES string of the molecule is CC(C)(C)NN.COc1ccc(C(=O)c2c(C)cccc2C(=O)Cl)cc1.Cl.Cl. The van der Waals surface area contributed by atoms with Crippen molar-refractivity contribution in [2.75, 3.05) is 7.11 Å². The molecule has 0 aliphatic heterocycles. The van der Waals surface area contributed by atoms with Crippen LogP contribution in [0.1, 0.15) is 52.6 Å². The molecule has 0 radical (unpaired) electrons. The van der Waals surface area contributed by atoms with Crippen molar-refractivity contribution in [2.24, 2.45) is 5.84 Å². The van der Waals surface area contributed by atoms with Crippen molar-refractivity contribution in [1.82, 2.24) is 5.43 Å². The first kappa shape index (κ1) is 28.6. The Morgan fingerprint density at radius 3 is 1.93 bits per heavy atom. The highest BCUT2D eigenvalue weighted by atomic mass is 35.5. The van der Waals surface area contributed by atoms with Crippen LogP contribution in [0.2, 0.25) is 0 Å². The predicted octanol–water partition coefficient (Wildman–Crippen LogP) is 4.71. The van der Waals surface area contributed by atoms with Crippen LogP contribution in [0.5, 0.6) is 5.75 Å². The van der Waals surface area contributed by atoms with Gasteiger partial charge in [0.05, 0.1) is 7.11 Å². The number of nitrogens with two attached hydrogens (primary N) is 1. The molecule has 8 heteroatoms. The molecule has 156 valence electrons. The molecule has 28 heavy (non-hydrogen) atoms. The Hall–Kier alpha value is -1.63. The lowest BCUT2D eigenvalue weighted by atomic mass is 9.94. The number of carbonyl (C=O) groups is 2. The average Bonchev–Trinajstić information content (AvgIpc) is 2.61. The minimum Gasteiger partial charge on any atom is -0.497 e. The summed E-state index contributed by atoms with van der Waals surface area (Å²) in [6, 6.07) is 11.8. The maximum atomic E-state index is 12.5. The zero-order valence-electron chi connectivity index (χ0n) is 16.5. The number of ether oxygens (including phenoxy) is 1. The number of methoxy groups -OCH3 is 1. The van der Waals surface area contributed by atoms with Crippen LogP contribution in [0.25, 0.3) is 0 Å². The molecule has 0 saturated carbocycles. The van der Waals surface area contributed by atoms with Gasteiger partial charge in [0.1, 0.15) is 5.75 Å². The molecule has 0 aliphatic carbocycles. The summed E-state index contributed by atoms with van der Waals surface area (Å²) in [4.78, 5) is 24.0. The third-order valence-corrected chi connectivity index (χ3v) is 3.70. The van der Waals surface area contributed by atoms with Crippen molar-refractivity contribution in [3.05, 3.63) is 64.7 Å². The highest BCUT2D eigenvalue weighted by molar-refractivity contribution is 6.68. The summed E-state index contributed by atoms with van der Waals surface area (Å²) in [5.74, 6) is 5.50. The van der Waals surface area contributed by atoms with Crippen molar-refractivity contribution >= 4 is 47.4 Å².